The molecule has 1 unspecified atom stereocenters. The highest BCUT2D eigenvalue weighted by Gasteiger charge is 2.33. The third-order valence-electron chi connectivity index (χ3n) is 13.1. The molecule has 1 atom stereocenters. The predicted molar refractivity (Wildman–Crippen MR) is 244 cm³/mol. The van der Waals surface area contributed by atoms with Crippen molar-refractivity contribution in [2.45, 2.75) is 88.3 Å². The molecule has 3 N–H and O–H groups in total. The fourth-order valence-electron chi connectivity index (χ4n) is 9.68. The lowest BCUT2D eigenvalue weighted by atomic mass is 9.89. The number of rotatable bonds is 21. The maximum atomic E-state index is 13.2. The number of hydrogen-bond donors (Lipinski definition) is 3. The molecule has 4 fully saturated rings. The van der Waals surface area contributed by atoms with Crippen LogP contribution in [-0.4, -0.2) is 166 Å². The number of H-pyrrole nitrogens is 1. The molecular weight excluding hydrogens is 823 g/mol. The third-order valence-corrected chi connectivity index (χ3v) is 13.1. The number of imide groups is 1. The lowest BCUT2D eigenvalue weighted by molar-refractivity contribution is -0.139. The number of carbonyl (C=O) groups excluding carboxylic acids is 3. The summed E-state index contributed by atoms with van der Waals surface area (Å²) in [6, 6.07) is 5.72. The SMILES string of the molecule is C=NC(=NC1CCC(N2CCN(C(=O)COCCOCCOCCOCCCc3cccc4c3n(C)c(=O)n4C3CCC(=O)NC3=O)CC2)CC1)c1c(C2CCOCC2)c[nH]c1NC. The first-order valence-corrected chi connectivity index (χ1v) is 23.1. The number of nitrogens with one attached hydrogen (secondary N) is 3. The highest BCUT2D eigenvalue weighted by molar-refractivity contribution is 6.07. The standard InChI is InChI=1S/C46H67N9O9/c1-47-43-41(36(30-49-43)32-15-22-61-23-16-32)44(48-2)50-34-9-11-35(12-10-34)53-17-19-54(20-18-53)40(57)31-64-29-28-63-27-26-62-25-24-60-21-5-7-33-6-4-8-37-42(33)52(3)46(59)55(37)38-13-14-39(56)51-45(38)58/h4,6,8,30,32,34-35,38,47,49H,2,5,7,9-29,31H2,1,3H3,(H,51,56,58). The number of imidazole rings is 1. The van der Waals surface area contributed by atoms with Gasteiger partial charge in [-0.25, -0.2) is 9.79 Å². The van der Waals surface area contributed by atoms with E-state index in [4.69, 9.17) is 28.7 Å². The maximum Gasteiger partial charge on any atom is 0.329 e. The Labute approximate surface area is 375 Å². The van der Waals surface area contributed by atoms with Crippen LogP contribution in [0, 0.1) is 0 Å². The molecule has 3 saturated heterocycles. The zero-order chi connectivity index (χ0) is 44.8. The van der Waals surface area contributed by atoms with Gasteiger partial charge in [0.15, 0.2) is 5.84 Å². The monoisotopic (exact) mass is 890 g/mol. The molecule has 0 spiro atoms. The first kappa shape index (κ1) is 47.2. The first-order valence-electron chi connectivity index (χ1n) is 23.1. The number of aliphatic imine (C=N–C) groups is 2. The first-order chi connectivity index (χ1) is 31.3. The Bertz CT molecular complexity index is 2120. The summed E-state index contributed by atoms with van der Waals surface area (Å²) >= 11 is 0. The smallest absolute Gasteiger partial charge is 0.329 e. The number of piperazine rings is 1. The van der Waals surface area contributed by atoms with Gasteiger partial charge < -0.3 is 38.9 Å². The molecule has 5 heterocycles. The molecule has 18 heteroatoms. The van der Waals surface area contributed by atoms with E-state index >= 15 is 0 Å². The average molecular weight is 890 g/mol. The maximum absolute atomic E-state index is 13.2. The summed E-state index contributed by atoms with van der Waals surface area (Å²) in [4.78, 5) is 67.6. The number of nitrogens with zero attached hydrogens (tertiary/aromatic N) is 6. The van der Waals surface area contributed by atoms with E-state index in [9.17, 15) is 19.2 Å². The summed E-state index contributed by atoms with van der Waals surface area (Å²) in [5.41, 5.74) is 4.49. The normalized spacial score (nSPS) is 21.7. The van der Waals surface area contributed by atoms with Crippen molar-refractivity contribution in [1.29, 1.82) is 0 Å². The molecule has 4 aliphatic rings. The van der Waals surface area contributed by atoms with Gasteiger partial charge in [-0.05, 0) is 87.6 Å². The van der Waals surface area contributed by atoms with Gasteiger partial charge in [0, 0.05) is 78.8 Å². The van der Waals surface area contributed by atoms with Crippen molar-refractivity contribution in [2.24, 2.45) is 17.0 Å². The zero-order valence-corrected chi connectivity index (χ0v) is 37.7. The number of piperidine rings is 1. The van der Waals surface area contributed by atoms with E-state index < -0.39 is 11.9 Å². The summed E-state index contributed by atoms with van der Waals surface area (Å²) < 4.78 is 31.4. The van der Waals surface area contributed by atoms with Crippen molar-refractivity contribution >= 4 is 47.1 Å². The number of anilines is 1. The fourth-order valence-corrected chi connectivity index (χ4v) is 9.68. The summed E-state index contributed by atoms with van der Waals surface area (Å²) in [7, 11) is 3.63. The molecule has 350 valence electrons. The van der Waals surface area contributed by atoms with Gasteiger partial charge in [0.1, 0.15) is 18.5 Å². The molecule has 1 aromatic carbocycles. The Hall–Kier alpha value is -4.72. The molecule has 18 nitrogen and oxygen atoms in total. The van der Waals surface area contributed by atoms with E-state index in [1.807, 2.05) is 30.1 Å². The van der Waals surface area contributed by atoms with Crippen molar-refractivity contribution in [3.05, 3.63) is 51.6 Å². The predicted octanol–water partition coefficient (Wildman–Crippen LogP) is 3.18. The Morgan fingerprint density at radius 3 is 2.25 bits per heavy atom. The highest BCUT2D eigenvalue weighted by Crippen LogP contribution is 2.35. The van der Waals surface area contributed by atoms with E-state index in [1.165, 1.54) is 10.1 Å². The van der Waals surface area contributed by atoms with E-state index in [-0.39, 0.29) is 36.6 Å². The lowest BCUT2D eigenvalue weighted by Gasteiger charge is -2.41. The number of fused-ring (bicyclic) bond motifs is 1. The van der Waals surface area contributed by atoms with Gasteiger partial charge in [0.25, 0.3) is 0 Å². The van der Waals surface area contributed by atoms with Crippen LogP contribution in [0.2, 0.25) is 0 Å². The number of benzene rings is 1. The van der Waals surface area contributed by atoms with Gasteiger partial charge in [-0.1, -0.05) is 12.1 Å². The fraction of sp³-hybridized carbons (Fsp3) is 0.652. The van der Waals surface area contributed by atoms with Crippen LogP contribution in [0.3, 0.4) is 0 Å². The van der Waals surface area contributed by atoms with E-state index in [2.05, 4.69) is 38.4 Å². The molecule has 3 amide bonds. The van der Waals surface area contributed by atoms with Crippen LogP contribution >= 0.6 is 0 Å². The molecule has 0 radical (unpaired) electrons. The highest BCUT2D eigenvalue weighted by atomic mass is 16.6. The molecule has 1 saturated carbocycles. The summed E-state index contributed by atoms with van der Waals surface area (Å²) in [5.74, 6) is 1.34. The third kappa shape index (κ3) is 11.7. The van der Waals surface area contributed by atoms with Crippen molar-refractivity contribution in [1.82, 2.24) is 29.2 Å². The number of aryl methyl sites for hydroxylation is 2. The quantitative estimate of drug-likeness (QED) is 0.0616. The second-order valence-corrected chi connectivity index (χ2v) is 17.1. The molecule has 0 bridgehead atoms. The number of ether oxygens (including phenoxy) is 5. The van der Waals surface area contributed by atoms with Crippen LogP contribution in [0.4, 0.5) is 5.82 Å². The number of amides is 3. The lowest BCUT2D eigenvalue weighted by Crippen LogP contribution is -2.53. The van der Waals surface area contributed by atoms with Gasteiger partial charge in [0.2, 0.25) is 17.7 Å². The van der Waals surface area contributed by atoms with Crippen LogP contribution in [-0.2, 0) is 51.5 Å². The number of para-hydroxylation sites is 1. The molecule has 64 heavy (non-hydrogen) atoms. The van der Waals surface area contributed by atoms with Crippen LogP contribution in [0.5, 0.6) is 0 Å². The van der Waals surface area contributed by atoms with Crippen molar-refractivity contribution in [3.63, 3.8) is 0 Å². The second kappa shape index (κ2) is 23.5. The van der Waals surface area contributed by atoms with Gasteiger partial charge in [-0.15, -0.1) is 0 Å². The molecule has 7 rings (SSSR count). The van der Waals surface area contributed by atoms with Crippen LogP contribution in [0.25, 0.3) is 11.0 Å². The largest absolute Gasteiger partial charge is 0.381 e. The van der Waals surface area contributed by atoms with E-state index in [0.717, 1.165) is 99.5 Å². The van der Waals surface area contributed by atoms with Gasteiger partial charge in [-0.3, -0.25) is 38.7 Å². The topological polar surface area (TPSA) is 195 Å². The molecule has 1 aliphatic carbocycles. The summed E-state index contributed by atoms with van der Waals surface area (Å²) in [5, 5.41) is 5.64. The second-order valence-electron chi connectivity index (χ2n) is 17.1. The van der Waals surface area contributed by atoms with Crippen molar-refractivity contribution in [2.75, 3.05) is 105 Å². The van der Waals surface area contributed by atoms with Crippen molar-refractivity contribution < 1.29 is 38.1 Å². The molecule has 2 aromatic heterocycles. The molecular formula is C46H67N9O9. The minimum absolute atomic E-state index is 0.0165. The zero-order valence-electron chi connectivity index (χ0n) is 37.7. The van der Waals surface area contributed by atoms with Gasteiger partial charge in [-0.2, -0.15) is 0 Å². The number of amidine groups is 1. The Balaban J connectivity index is 0.703. The summed E-state index contributed by atoms with van der Waals surface area (Å²) in [6.45, 7) is 11.6. The summed E-state index contributed by atoms with van der Waals surface area (Å²) in [6.07, 6.45) is 10.2. The Morgan fingerprint density at radius 1 is 0.891 bits per heavy atom. The molecule has 3 aliphatic heterocycles. The minimum Gasteiger partial charge on any atom is -0.381 e. The van der Waals surface area contributed by atoms with E-state index in [1.54, 1.807) is 11.6 Å². The Morgan fingerprint density at radius 2 is 1.58 bits per heavy atom. The van der Waals surface area contributed by atoms with E-state index in [0.29, 0.717) is 89.7 Å². The van der Waals surface area contributed by atoms with Gasteiger partial charge >= 0.3 is 5.69 Å². The number of carbonyl (C=O) groups is 3. The number of hydrogen-bond acceptors (Lipinski definition) is 12. The van der Waals surface area contributed by atoms with Crippen LogP contribution < -0.4 is 16.3 Å². The Kier molecular flexibility index (Phi) is 17.3. The van der Waals surface area contributed by atoms with Crippen LogP contribution in [0.1, 0.15) is 86.4 Å². The van der Waals surface area contributed by atoms with Crippen molar-refractivity contribution in [3.8, 4) is 0 Å². The number of aromatic amines is 1. The minimum atomic E-state index is -0.707. The van der Waals surface area contributed by atoms with Crippen LogP contribution in [0.15, 0.2) is 39.2 Å². The average Bonchev–Trinajstić information content (AvgIpc) is 3.86. The molecule has 3 aromatic rings. The number of aromatic nitrogens is 3. The van der Waals surface area contributed by atoms with Gasteiger partial charge in [0.05, 0.1) is 62.3 Å².